The number of fused-ring (bicyclic) bond motifs is 1. The summed E-state index contributed by atoms with van der Waals surface area (Å²) in [5.74, 6) is -0.588. The van der Waals surface area contributed by atoms with Crippen molar-refractivity contribution in [3.05, 3.63) is 52.5 Å². The minimum Gasteiger partial charge on any atom is -0.408 e. The first-order chi connectivity index (χ1) is 12.6. The number of nitrogens with zero attached hydrogens (tertiary/aromatic N) is 3. The fourth-order valence-corrected chi connectivity index (χ4v) is 2.76. The topological polar surface area (TPSA) is 91.3 Å². The summed E-state index contributed by atoms with van der Waals surface area (Å²) >= 11 is 0. The van der Waals surface area contributed by atoms with Gasteiger partial charge in [0.25, 0.3) is 0 Å². The Labute approximate surface area is 150 Å². The van der Waals surface area contributed by atoms with Crippen LogP contribution in [0.15, 0.2) is 39.9 Å². The van der Waals surface area contributed by atoms with Crippen molar-refractivity contribution in [3.63, 3.8) is 0 Å². The molecule has 3 rings (SSSR count). The molecule has 1 aromatic carbocycles. The number of rotatable bonds is 8. The van der Waals surface area contributed by atoms with Gasteiger partial charge in [0.1, 0.15) is 0 Å². The van der Waals surface area contributed by atoms with E-state index in [1.807, 2.05) is 23.6 Å². The third-order valence-electron chi connectivity index (χ3n) is 4.19. The van der Waals surface area contributed by atoms with E-state index in [-0.39, 0.29) is 18.9 Å². The van der Waals surface area contributed by atoms with Crippen molar-refractivity contribution < 1.29 is 13.9 Å². The number of aryl methyl sites for hydroxylation is 2. The molecule has 1 amide bonds. The van der Waals surface area contributed by atoms with Crippen LogP contribution in [0.1, 0.15) is 17.7 Å². The van der Waals surface area contributed by atoms with Crippen LogP contribution in [0, 0.1) is 6.92 Å². The molecule has 0 fully saturated rings. The van der Waals surface area contributed by atoms with Crippen molar-refractivity contribution in [2.45, 2.75) is 33.0 Å². The Kier molecular flexibility index (Phi) is 5.52. The van der Waals surface area contributed by atoms with E-state index in [0.717, 1.165) is 11.3 Å². The van der Waals surface area contributed by atoms with Crippen LogP contribution in [0.3, 0.4) is 0 Å². The number of ether oxygens (including phenoxy) is 1. The van der Waals surface area contributed by atoms with E-state index >= 15 is 0 Å². The lowest BCUT2D eigenvalue weighted by Gasteiger charge is -2.09. The highest BCUT2D eigenvalue weighted by Gasteiger charge is 2.11. The molecule has 0 radical (unpaired) electrons. The van der Waals surface area contributed by atoms with E-state index in [1.54, 1.807) is 25.7 Å². The fourth-order valence-electron chi connectivity index (χ4n) is 2.76. The molecule has 26 heavy (non-hydrogen) atoms. The number of oxazole rings is 1. The van der Waals surface area contributed by atoms with Crippen molar-refractivity contribution in [1.82, 2.24) is 19.4 Å². The molecule has 1 N–H and O–H groups in total. The molecular formula is C18H22N4O4. The first-order valence-electron chi connectivity index (χ1n) is 8.43. The van der Waals surface area contributed by atoms with Gasteiger partial charge < -0.3 is 19.0 Å². The van der Waals surface area contributed by atoms with E-state index in [4.69, 9.17) is 9.15 Å². The summed E-state index contributed by atoms with van der Waals surface area (Å²) in [6.07, 6.45) is 3.61. The van der Waals surface area contributed by atoms with Gasteiger partial charge in [0.15, 0.2) is 5.58 Å². The summed E-state index contributed by atoms with van der Waals surface area (Å²) in [6.45, 7) is 3.85. The second kappa shape index (κ2) is 8.01. The van der Waals surface area contributed by atoms with Gasteiger partial charge in [0, 0.05) is 32.8 Å². The zero-order valence-electron chi connectivity index (χ0n) is 14.9. The highest BCUT2D eigenvalue weighted by Crippen LogP contribution is 2.14. The number of benzene rings is 1. The molecule has 0 atom stereocenters. The molecule has 0 aliphatic rings. The summed E-state index contributed by atoms with van der Waals surface area (Å²) in [6, 6.07) is 5.53. The molecule has 2 aromatic heterocycles. The van der Waals surface area contributed by atoms with Gasteiger partial charge in [0.2, 0.25) is 5.91 Å². The quantitative estimate of drug-likeness (QED) is 0.658. The van der Waals surface area contributed by atoms with Crippen LogP contribution < -0.4 is 11.1 Å². The van der Waals surface area contributed by atoms with E-state index in [9.17, 15) is 9.59 Å². The Morgan fingerprint density at radius 3 is 3.00 bits per heavy atom. The number of hydrogen-bond donors (Lipinski definition) is 1. The second-order valence-electron chi connectivity index (χ2n) is 6.09. The summed E-state index contributed by atoms with van der Waals surface area (Å²) in [5.41, 5.74) is 3.17. The first kappa shape index (κ1) is 17.9. The average molecular weight is 358 g/mol. The molecule has 0 saturated carbocycles. The zero-order chi connectivity index (χ0) is 18.5. The van der Waals surface area contributed by atoms with Gasteiger partial charge >= 0.3 is 5.76 Å². The third kappa shape index (κ3) is 4.02. The second-order valence-corrected chi connectivity index (χ2v) is 6.09. The molecule has 0 saturated heterocycles. The summed E-state index contributed by atoms with van der Waals surface area (Å²) < 4.78 is 13.7. The van der Waals surface area contributed by atoms with Crippen LogP contribution >= 0.6 is 0 Å². The average Bonchev–Trinajstić information content (AvgIpc) is 3.19. The third-order valence-corrected chi connectivity index (χ3v) is 4.19. The van der Waals surface area contributed by atoms with Gasteiger partial charge in [-0.15, -0.1) is 0 Å². The van der Waals surface area contributed by atoms with E-state index in [0.29, 0.717) is 30.8 Å². The Hall–Kier alpha value is -2.87. The molecule has 0 bridgehead atoms. The molecule has 8 heteroatoms. The predicted octanol–water partition coefficient (Wildman–Crippen LogP) is 1.45. The molecule has 3 aromatic rings. The Morgan fingerprint density at radius 2 is 2.19 bits per heavy atom. The Balaban J connectivity index is 1.58. The normalized spacial score (nSPS) is 11.2. The largest absolute Gasteiger partial charge is 0.419 e. The van der Waals surface area contributed by atoms with Crippen molar-refractivity contribution in [3.8, 4) is 0 Å². The van der Waals surface area contributed by atoms with E-state index in [1.165, 1.54) is 4.57 Å². The van der Waals surface area contributed by atoms with Gasteiger partial charge in [0.05, 0.1) is 30.7 Å². The van der Waals surface area contributed by atoms with Crippen molar-refractivity contribution >= 4 is 17.0 Å². The van der Waals surface area contributed by atoms with Crippen molar-refractivity contribution in [1.29, 1.82) is 0 Å². The van der Waals surface area contributed by atoms with Crippen LogP contribution in [0.5, 0.6) is 0 Å². The van der Waals surface area contributed by atoms with Crippen LogP contribution in [0.4, 0.5) is 0 Å². The van der Waals surface area contributed by atoms with Gasteiger partial charge in [-0.3, -0.25) is 9.36 Å². The number of aromatic nitrogens is 3. The molecule has 0 spiro atoms. The Bertz CT molecular complexity index is 954. The van der Waals surface area contributed by atoms with Gasteiger partial charge in [-0.1, -0.05) is 6.07 Å². The lowest BCUT2D eigenvalue weighted by Crippen LogP contribution is -2.26. The maximum Gasteiger partial charge on any atom is 0.419 e. The number of carbonyl (C=O) groups excluding carboxylic acids is 1. The fraction of sp³-hybridized carbons (Fsp3) is 0.389. The highest BCUT2D eigenvalue weighted by atomic mass is 16.5. The molecular weight excluding hydrogens is 336 g/mol. The summed E-state index contributed by atoms with van der Waals surface area (Å²) in [4.78, 5) is 28.2. The maximum absolute atomic E-state index is 12.2. The molecule has 0 aliphatic heterocycles. The maximum atomic E-state index is 12.2. The van der Waals surface area contributed by atoms with Crippen LogP contribution in [-0.2, 0) is 29.2 Å². The monoisotopic (exact) mass is 358 g/mol. The number of imidazole rings is 1. The summed E-state index contributed by atoms with van der Waals surface area (Å²) in [7, 11) is 1.64. The lowest BCUT2D eigenvalue weighted by molar-refractivity contribution is -0.121. The van der Waals surface area contributed by atoms with Gasteiger partial charge in [-0.25, -0.2) is 9.78 Å². The highest BCUT2D eigenvalue weighted by molar-refractivity contribution is 5.77. The van der Waals surface area contributed by atoms with Crippen molar-refractivity contribution in [2.75, 3.05) is 13.7 Å². The number of amides is 1. The van der Waals surface area contributed by atoms with Crippen molar-refractivity contribution in [2.24, 2.45) is 0 Å². The minimum absolute atomic E-state index is 0.140. The minimum atomic E-state index is -0.448. The number of hydrogen-bond acceptors (Lipinski definition) is 5. The van der Waals surface area contributed by atoms with Gasteiger partial charge in [-0.05, 0) is 24.6 Å². The SMILES string of the molecule is COCCn1cncc1CNC(=O)CCn1c(=O)oc2ccc(C)cc21. The zero-order valence-corrected chi connectivity index (χ0v) is 14.9. The van der Waals surface area contributed by atoms with Crippen LogP contribution in [0.25, 0.3) is 11.1 Å². The van der Waals surface area contributed by atoms with Crippen LogP contribution in [0.2, 0.25) is 0 Å². The molecule has 0 aliphatic carbocycles. The van der Waals surface area contributed by atoms with E-state index < -0.39 is 5.76 Å². The number of methoxy groups -OCH3 is 1. The summed E-state index contributed by atoms with van der Waals surface area (Å²) in [5, 5.41) is 2.86. The first-order valence-corrected chi connectivity index (χ1v) is 8.43. The Morgan fingerprint density at radius 1 is 1.35 bits per heavy atom. The lowest BCUT2D eigenvalue weighted by atomic mass is 10.2. The molecule has 2 heterocycles. The molecule has 0 unspecified atom stereocenters. The smallest absolute Gasteiger partial charge is 0.408 e. The van der Waals surface area contributed by atoms with E-state index in [2.05, 4.69) is 10.3 Å². The molecule has 138 valence electrons. The number of carbonyl (C=O) groups is 1. The predicted molar refractivity (Wildman–Crippen MR) is 95.8 cm³/mol. The standard InChI is InChI=1S/C18H22N4O4/c1-13-3-4-16-15(9-13)22(18(24)26-16)6-5-17(23)20-11-14-10-19-12-21(14)7-8-25-2/h3-4,9-10,12H,5-8,11H2,1-2H3,(H,20,23). The van der Waals surface area contributed by atoms with Gasteiger partial charge in [-0.2, -0.15) is 0 Å². The molecule has 8 nitrogen and oxygen atoms in total. The number of nitrogens with one attached hydrogen (secondary N) is 1. The van der Waals surface area contributed by atoms with Crippen LogP contribution in [-0.4, -0.2) is 33.7 Å².